The summed E-state index contributed by atoms with van der Waals surface area (Å²) >= 11 is 0. The minimum Gasteiger partial charge on any atom is -0.339 e. The van der Waals surface area contributed by atoms with Gasteiger partial charge in [0.05, 0.1) is 0 Å². The lowest BCUT2D eigenvalue weighted by Crippen LogP contribution is -2.43. The Bertz CT molecular complexity index is 412. The van der Waals surface area contributed by atoms with Crippen molar-refractivity contribution in [3.8, 4) is 0 Å². The van der Waals surface area contributed by atoms with Crippen LogP contribution in [0.5, 0.6) is 0 Å². The number of nitrogens with zero attached hydrogens (tertiary/aromatic N) is 1. The molecule has 0 bridgehead atoms. The molecule has 20 heavy (non-hydrogen) atoms. The van der Waals surface area contributed by atoms with Crippen LogP contribution in [-0.2, 0) is 4.79 Å². The third kappa shape index (κ3) is 4.64. The molecule has 1 unspecified atom stereocenters. The maximum Gasteiger partial charge on any atom is 0.244 e. The van der Waals surface area contributed by atoms with Crippen LogP contribution in [0.15, 0.2) is 24.3 Å². The number of aryl methyl sites for hydroxylation is 1. The van der Waals surface area contributed by atoms with E-state index in [0.717, 1.165) is 31.4 Å². The highest BCUT2D eigenvalue weighted by atomic mass is 16.2. The predicted octanol–water partition coefficient (Wildman–Crippen LogP) is 3.42. The van der Waals surface area contributed by atoms with Gasteiger partial charge in [-0.2, -0.15) is 0 Å². The molecule has 0 radical (unpaired) electrons. The highest BCUT2D eigenvalue weighted by molar-refractivity contribution is 5.83. The molecule has 0 heterocycles. The molecule has 0 saturated carbocycles. The lowest BCUT2D eigenvalue weighted by atomic mass is 10.0. The van der Waals surface area contributed by atoms with Crippen LogP contribution in [0.4, 0.5) is 0 Å². The summed E-state index contributed by atoms with van der Waals surface area (Å²) < 4.78 is 0. The first-order chi connectivity index (χ1) is 9.47. The van der Waals surface area contributed by atoms with Crippen molar-refractivity contribution >= 4 is 5.91 Å². The molecule has 0 aliphatic carbocycles. The summed E-state index contributed by atoms with van der Waals surface area (Å²) in [6, 6.07) is 7.53. The van der Waals surface area contributed by atoms with E-state index in [1.54, 1.807) is 0 Å². The van der Waals surface area contributed by atoms with Crippen molar-refractivity contribution in [3.63, 3.8) is 0 Å². The van der Waals surface area contributed by atoms with Gasteiger partial charge < -0.3 is 10.6 Å². The number of carbonyl (C=O) groups excluding carboxylic acids is 1. The highest BCUT2D eigenvalue weighted by Gasteiger charge is 2.23. The second-order valence-electron chi connectivity index (χ2n) is 5.72. The first kappa shape index (κ1) is 16.7. The second-order valence-corrected chi connectivity index (χ2v) is 5.72. The monoisotopic (exact) mass is 276 g/mol. The number of hydrogen-bond donors (Lipinski definition) is 1. The van der Waals surface area contributed by atoms with Crippen molar-refractivity contribution in [2.75, 3.05) is 6.54 Å². The average Bonchev–Trinajstić information content (AvgIpc) is 2.42. The summed E-state index contributed by atoms with van der Waals surface area (Å²) in [5.74, 6) is 0.0277. The van der Waals surface area contributed by atoms with E-state index in [2.05, 4.69) is 6.92 Å². The maximum atomic E-state index is 12.6. The summed E-state index contributed by atoms with van der Waals surface area (Å²) in [4.78, 5) is 14.5. The first-order valence-corrected chi connectivity index (χ1v) is 7.60. The van der Waals surface area contributed by atoms with Gasteiger partial charge in [-0.15, -0.1) is 0 Å². The van der Waals surface area contributed by atoms with Gasteiger partial charge in [0.25, 0.3) is 0 Å². The van der Waals surface area contributed by atoms with Gasteiger partial charge in [0.15, 0.2) is 0 Å². The fourth-order valence-electron chi connectivity index (χ4n) is 2.25. The summed E-state index contributed by atoms with van der Waals surface area (Å²) in [7, 11) is 0. The molecule has 0 saturated heterocycles. The molecule has 1 aromatic carbocycles. The van der Waals surface area contributed by atoms with E-state index in [9.17, 15) is 4.79 Å². The molecule has 0 fully saturated rings. The molecule has 0 aliphatic heterocycles. The van der Waals surface area contributed by atoms with Crippen LogP contribution in [0.3, 0.4) is 0 Å². The van der Waals surface area contributed by atoms with Crippen molar-refractivity contribution in [3.05, 3.63) is 35.4 Å². The van der Waals surface area contributed by atoms with E-state index < -0.39 is 6.04 Å². The summed E-state index contributed by atoms with van der Waals surface area (Å²) in [5.41, 5.74) is 8.21. The third-order valence-electron chi connectivity index (χ3n) is 3.61. The number of nitrogens with two attached hydrogens (primary N) is 1. The summed E-state index contributed by atoms with van der Waals surface area (Å²) in [5, 5.41) is 0. The van der Waals surface area contributed by atoms with Crippen LogP contribution >= 0.6 is 0 Å². The minimum atomic E-state index is -0.556. The van der Waals surface area contributed by atoms with Crippen molar-refractivity contribution in [1.29, 1.82) is 0 Å². The molecule has 1 rings (SSSR count). The van der Waals surface area contributed by atoms with Crippen molar-refractivity contribution in [2.45, 2.75) is 59.0 Å². The molecule has 0 spiro atoms. The quantitative estimate of drug-likeness (QED) is 0.776. The van der Waals surface area contributed by atoms with Gasteiger partial charge in [0.1, 0.15) is 6.04 Å². The Labute approximate surface area is 123 Å². The zero-order chi connectivity index (χ0) is 15.1. The van der Waals surface area contributed by atoms with Gasteiger partial charge in [-0.1, -0.05) is 49.6 Å². The smallest absolute Gasteiger partial charge is 0.244 e. The SMILES string of the molecule is CCCCCN(C(=O)C(N)c1ccc(C)cc1)C(C)C. The number of amides is 1. The zero-order valence-electron chi connectivity index (χ0n) is 13.2. The Morgan fingerprint density at radius 2 is 1.80 bits per heavy atom. The van der Waals surface area contributed by atoms with E-state index in [4.69, 9.17) is 5.73 Å². The predicted molar refractivity (Wildman–Crippen MR) is 84.5 cm³/mol. The van der Waals surface area contributed by atoms with Crippen LogP contribution in [0.25, 0.3) is 0 Å². The Hall–Kier alpha value is -1.35. The molecule has 1 atom stereocenters. The zero-order valence-corrected chi connectivity index (χ0v) is 13.2. The first-order valence-electron chi connectivity index (χ1n) is 7.60. The minimum absolute atomic E-state index is 0.0277. The molecule has 3 heteroatoms. The van der Waals surface area contributed by atoms with E-state index >= 15 is 0 Å². The lowest BCUT2D eigenvalue weighted by Gasteiger charge is -2.29. The third-order valence-corrected chi connectivity index (χ3v) is 3.61. The molecule has 1 amide bonds. The molecular formula is C17H28N2O. The Kier molecular flexibility index (Phi) is 6.73. The van der Waals surface area contributed by atoms with E-state index in [1.165, 1.54) is 5.56 Å². The molecule has 112 valence electrons. The topological polar surface area (TPSA) is 46.3 Å². The molecule has 0 aliphatic rings. The van der Waals surface area contributed by atoms with Gasteiger partial charge >= 0.3 is 0 Å². The van der Waals surface area contributed by atoms with Crippen LogP contribution < -0.4 is 5.73 Å². The lowest BCUT2D eigenvalue weighted by molar-refractivity contribution is -0.134. The molecular weight excluding hydrogens is 248 g/mol. The van der Waals surface area contributed by atoms with E-state index in [0.29, 0.717) is 0 Å². The number of benzene rings is 1. The molecule has 3 nitrogen and oxygen atoms in total. The number of unbranched alkanes of at least 4 members (excludes halogenated alkanes) is 2. The normalized spacial score (nSPS) is 12.5. The van der Waals surface area contributed by atoms with Gasteiger partial charge in [0, 0.05) is 12.6 Å². The number of carbonyl (C=O) groups is 1. The summed E-state index contributed by atoms with van der Waals surface area (Å²) in [6.07, 6.45) is 3.35. The Morgan fingerprint density at radius 1 is 1.20 bits per heavy atom. The standard InChI is InChI=1S/C17H28N2O/c1-5-6-7-12-19(13(2)3)17(20)16(18)15-10-8-14(4)9-11-15/h8-11,13,16H,5-7,12,18H2,1-4H3. The van der Waals surface area contributed by atoms with Gasteiger partial charge in [-0.3, -0.25) is 4.79 Å². The number of rotatable bonds is 7. The van der Waals surface area contributed by atoms with Gasteiger partial charge in [-0.25, -0.2) is 0 Å². The fourth-order valence-corrected chi connectivity index (χ4v) is 2.25. The van der Waals surface area contributed by atoms with Crippen molar-refractivity contribution in [1.82, 2.24) is 4.90 Å². The molecule has 1 aromatic rings. The fraction of sp³-hybridized carbons (Fsp3) is 0.588. The molecule has 0 aromatic heterocycles. The van der Waals surface area contributed by atoms with Crippen LogP contribution in [0.2, 0.25) is 0 Å². The van der Waals surface area contributed by atoms with Gasteiger partial charge in [0.2, 0.25) is 5.91 Å². The maximum absolute atomic E-state index is 12.6. The molecule has 2 N–H and O–H groups in total. The number of hydrogen-bond acceptors (Lipinski definition) is 2. The largest absolute Gasteiger partial charge is 0.339 e. The van der Waals surface area contributed by atoms with Crippen LogP contribution in [0, 0.1) is 6.92 Å². The second kappa shape index (κ2) is 8.05. The van der Waals surface area contributed by atoms with E-state index in [1.807, 2.05) is 49.9 Å². The van der Waals surface area contributed by atoms with Crippen LogP contribution in [0.1, 0.15) is 57.2 Å². The average molecular weight is 276 g/mol. The van der Waals surface area contributed by atoms with Crippen molar-refractivity contribution in [2.24, 2.45) is 5.73 Å². The summed E-state index contributed by atoms with van der Waals surface area (Å²) in [6.45, 7) is 9.09. The van der Waals surface area contributed by atoms with Crippen molar-refractivity contribution < 1.29 is 4.79 Å². The van der Waals surface area contributed by atoms with E-state index in [-0.39, 0.29) is 11.9 Å². The van der Waals surface area contributed by atoms with Crippen LogP contribution in [-0.4, -0.2) is 23.4 Å². The Morgan fingerprint density at radius 3 is 2.30 bits per heavy atom. The highest BCUT2D eigenvalue weighted by Crippen LogP contribution is 2.16. The van der Waals surface area contributed by atoms with Gasteiger partial charge in [-0.05, 0) is 32.8 Å². The Balaban J connectivity index is 2.75.